The van der Waals surface area contributed by atoms with E-state index in [1.807, 2.05) is 31.2 Å². The lowest BCUT2D eigenvalue weighted by Gasteiger charge is -2.12. The minimum absolute atomic E-state index is 0.768. The normalized spacial score (nSPS) is 10.3. The second-order valence-corrected chi connectivity index (χ2v) is 4.31. The number of halogens is 1. The molecule has 0 aliphatic heterocycles. The van der Waals surface area contributed by atoms with Crippen LogP contribution in [-0.4, -0.2) is 4.98 Å². The van der Waals surface area contributed by atoms with Gasteiger partial charge >= 0.3 is 0 Å². The monoisotopic (exact) mass is 246 g/mol. The number of nitrogens with one attached hydrogen (secondary N) is 1. The number of benzene rings is 1. The zero-order valence-corrected chi connectivity index (χ0v) is 10.8. The van der Waals surface area contributed by atoms with Crippen molar-refractivity contribution in [1.82, 2.24) is 4.98 Å². The van der Waals surface area contributed by atoms with Crippen LogP contribution in [0.1, 0.15) is 18.1 Å². The van der Waals surface area contributed by atoms with E-state index in [1.165, 1.54) is 5.56 Å². The molecule has 0 fully saturated rings. The lowest BCUT2D eigenvalue weighted by atomic mass is 10.1. The fourth-order valence-electron chi connectivity index (χ4n) is 1.71. The number of anilines is 2. The Labute approximate surface area is 107 Å². The van der Waals surface area contributed by atoms with Gasteiger partial charge in [-0.1, -0.05) is 30.7 Å². The van der Waals surface area contributed by atoms with Crippen molar-refractivity contribution in [2.45, 2.75) is 20.3 Å². The zero-order valence-electron chi connectivity index (χ0n) is 10.00. The molecule has 0 aliphatic rings. The lowest BCUT2D eigenvalue weighted by molar-refractivity contribution is 1.10. The van der Waals surface area contributed by atoms with Gasteiger partial charge in [0.25, 0.3) is 0 Å². The molecule has 0 unspecified atom stereocenters. The highest BCUT2D eigenvalue weighted by molar-refractivity contribution is 6.31. The molecule has 1 heterocycles. The average molecular weight is 247 g/mol. The van der Waals surface area contributed by atoms with Crippen LogP contribution in [0.3, 0.4) is 0 Å². The Bertz CT molecular complexity index is 523. The molecule has 3 heteroatoms. The van der Waals surface area contributed by atoms with Gasteiger partial charge in [-0.15, -0.1) is 0 Å². The Balaban J connectivity index is 2.35. The van der Waals surface area contributed by atoms with Gasteiger partial charge in [0.2, 0.25) is 0 Å². The molecule has 1 aromatic carbocycles. The molecule has 2 rings (SSSR count). The van der Waals surface area contributed by atoms with Crippen LogP contribution in [0.2, 0.25) is 5.02 Å². The Morgan fingerprint density at radius 2 is 2.06 bits per heavy atom. The van der Waals surface area contributed by atoms with Crippen molar-refractivity contribution in [3.63, 3.8) is 0 Å². The van der Waals surface area contributed by atoms with E-state index < -0.39 is 0 Å². The number of aromatic nitrogens is 1. The third-order valence-electron chi connectivity index (χ3n) is 2.79. The minimum atomic E-state index is 0.768. The highest BCUT2D eigenvalue weighted by atomic mass is 35.5. The largest absolute Gasteiger partial charge is 0.340 e. The summed E-state index contributed by atoms with van der Waals surface area (Å²) in [6, 6.07) is 9.87. The van der Waals surface area contributed by atoms with Gasteiger partial charge in [-0.2, -0.15) is 0 Å². The van der Waals surface area contributed by atoms with Crippen molar-refractivity contribution in [1.29, 1.82) is 0 Å². The molecule has 1 aromatic heterocycles. The summed E-state index contributed by atoms with van der Waals surface area (Å²) in [6.45, 7) is 4.12. The molecule has 88 valence electrons. The molecule has 0 saturated carbocycles. The van der Waals surface area contributed by atoms with Crippen LogP contribution >= 0.6 is 11.6 Å². The van der Waals surface area contributed by atoms with E-state index in [2.05, 4.69) is 23.3 Å². The third-order valence-corrected chi connectivity index (χ3v) is 3.20. The van der Waals surface area contributed by atoms with E-state index in [9.17, 15) is 0 Å². The van der Waals surface area contributed by atoms with Crippen molar-refractivity contribution in [2.75, 3.05) is 5.32 Å². The highest BCUT2D eigenvalue weighted by Gasteiger charge is 2.05. The first kappa shape index (κ1) is 11.9. The maximum Gasteiger partial charge on any atom is 0.133 e. The second kappa shape index (κ2) is 5.19. The zero-order chi connectivity index (χ0) is 12.3. The Morgan fingerprint density at radius 3 is 2.82 bits per heavy atom. The van der Waals surface area contributed by atoms with E-state index in [0.29, 0.717) is 0 Å². The molecular weight excluding hydrogens is 232 g/mol. The Hall–Kier alpha value is -1.54. The second-order valence-electron chi connectivity index (χ2n) is 3.90. The van der Waals surface area contributed by atoms with Gasteiger partial charge in [-0.3, -0.25) is 0 Å². The molecule has 0 saturated heterocycles. The van der Waals surface area contributed by atoms with Crippen LogP contribution in [-0.2, 0) is 6.42 Å². The van der Waals surface area contributed by atoms with E-state index >= 15 is 0 Å². The predicted octanol–water partition coefficient (Wildman–Crippen LogP) is 4.35. The van der Waals surface area contributed by atoms with Crippen molar-refractivity contribution in [3.8, 4) is 0 Å². The van der Waals surface area contributed by atoms with Crippen molar-refractivity contribution < 1.29 is 0 Å². The molecule has 0 radical (unpaired) electrons. The molecule has 0 bridgehead atoms. The molecule has 0 spiro atoms. The van der Waals surface area contributed by atoms with E-state index in [-0.39, 0.29) is 0 Å². The fraction of sp³-hybridized carbons (Fsp3) is 0.214. The molecular formula is C14H15ClN2. The summed E-state index contributed by atoms with van der Waals surface area (Å²) in [6.07, 6.45) is 2.75. The third kappa shape index (κ3) is 2.59. The maximum atomic E-state index is 6.09. The molecule has 0 amide bonds. The quantitative estimate of drug-likeness (QED) is 0.871. The van der Waals surface area contributed by atoms with Gasteiger partial charge in [0.05, 0.1) is 0 Å². The summed E-state index contributed by atoms with van der Waals surface area (Å²) in [4.78, 5) is 4.36. The van der Waals surface area contributed by atoms with Crippen molar-refractivity contribution >= 4 is 23.1 Å². The molecule has 2 nitrogen and oxygen atoms in total. The standard InChI is InChI=1S/C14H15ClN2/c1-3-11-6-5-9-16-14(11)17-13-8-4-7-12(15)10(13)2/h4-9H,3H2,1-2H3,(H,16,17). The van der Waals surface area contributed by atoms with Crippen molar-refractivity contribution in [2.24, 2.45) is 0 Å². The van der Waals surface area contributed by atoms with Gasteiger partial charge in [-0.05, 0) is 42.7 Å². The summed E-state index contributed by atoms with van der Waals surface area (Å²) in [5, 5.41) is 4.10. The SMILES string of the molecule is CCc1cccnc1Nc1cccc(Cl)c1C. The molecule has 2 aromatic rings. The summed E-state index contributed by atoms with van der Waals surface area (Å²) in [7, 11) is 0. The van der Waals surface area contributed by atoms with Crippen LogP contribution in [0.4, 0.5) is 11.5 Å². The number of hydrogen-bond donors (Lipinski definition) is 1. The van der Waals surface area contributed by atoms with Crippen molar-refractivity contribution in [3.05, 3.63) is 52.7 Å². The minimum Gasteiger partial charge on any atom is -0.340 e. The van der Waals surface area contributed by atoms with Crippen LogP contribution in [0, 0.1) is 6.92 Å². The first-order valence-electron chi connectivity index (χ1n) is 5.68. The van der Waals surface area contributed by atoms with Crippen LogP contribution < -0.4 is 5.32 Å². The number of aryl methyl sites for hydroxylation is 1. The summed E-state index contributed by atoms with van der Waals surface area (Å²) in [5.41, 5.74) is 3.25. The summed E-state index contributed by atoms with van der Waals surface area (Å²) < 4.78 is 0. The smallest absolute Gasteiger partial charge is 0.133 e. The van der Waals surface area contributed by atoms with Gasteiger partial charge in [0, 0.05) is 16.9 Å². The molecule has 0 atom stereocenters. The van der Waals surface area contributed by atoms with Crippen LogP contribution in [0.25, 0.3) is 0 Å². The summed E-state index contributed by atoms with van der Waals surface area (Å²) >= 11 is 6.09. The summed E-state index contributed by atoms with van der Waals surface area (Å²) in [5.74, 6) is 0.903. The molecule has 1 N–H and O–H groups in total. The van der Waals surface area contributed by atoms with Crippen LogP contribution in [0.5, 0.6) is 0 Å². The van der Waals surface area contributed by atoms with Gasteiger partial charge in [0.15, 0.2) is 0 Å². The average Bonchev–Trinajstić information content (AvgIpc) is 2.35. The Morgan fingerprint density at radius 1 is 1.24 bits per heavy atom. The molecule has 17 heavy (non-hydrogen) atoms. The van der Waals surface area contributed by atoms with Gasteiger partial charge in [0.1, 0.15) is 5.82 Å². The van der Waals surface area contributed by atoms with E-state index in [1.54, 1.807) is 6.20 Å². The van der Waals surface area contributed by atoms with E-state index in [0.717, 1.165) is 28.5 Å². The number of hydrogen-bond acceptors (Lipinski definition) is 2. The topological polar surface area (TPSA) is 24.9 Å². The number of nitrogens with zero attached hydrogens (tertiary/aromatic N) is 1. The van der Waals surface area contributed by atoms with Gasteiger partial charge in [-0.25, -0.2) is 4.98 Å². The van der Waals surface area contributed by atoms with Gasteiger partial charge < -0.3 is 5.32 Å². The van der Waals surface area contributed by atoms with E-state index in [4.69, 9.17) is 11.6 Å². The Kier molecular flexibility index (Phi) is 3.64. The maximum absolute atomic E-state index is 6.09. The first-order valence-corrected chi connectivity index (χ1v) is 6.06. The highest BCUT2D eigenvalue weighted by Crippen LogP contribution is 2.26. The lowest BCUT2D eigenvalue weighted by Crippen LogP contribution is -1.99. The predicted molar refractivity (Wildman–Crippen MR) is 73.1 cm³/mol. The fourth-order valence-corrected chi connectivity index (χ4v) is 1.88. The van der Waals surface area contributed by atoms with Crippen LogP contribution in [0.15, 0.2) is 36.5 Å². The number of rotatable bonds is 3. The molecule has 0 aliphatic carbocycles. The number of pyridine rings is 1. The first-order chi connectivity index (χ1) is 8.22.